The highest BCUT2D eigenvalue weighted by atomic mass is 35.5. The van der Waals surface area contributed by atoms with Gasteiger partial charge in [-0.15, -0.1) is 0 Å². The lowest BCUT2D eigenvalue weighted by molar-refractivity contribution is 0.576. The third kappa shape index (κ3) is 4.62. The fourth-order valence-corrected chi connectivity index (χ4v) is 4.33. The summed E-state index contributed by atoms with van der Waals surface area (Å²) in [4.78, 5) is 4.40. The molecule has 0 radical (unpaired) electrons. The molecule has 1 heterocycles. The van der Waals surface area contributed by atoms with Gasteiger partial charge in [0, 0.05) is 17.1 Å². The van der Waals surface area contributed by atoms with Gasteiger partial charge < -0.3 is 9.73 Å². The van der Waals surface area contributed by atoms with Crippen molar-refractivity contribution < 1.29 is 17.2 Å². The quantitative estimate of drug-likeness (QED) is 0.392. The monoisotopic (exact) mass is 456 g/mol. The summed E-state index contributed by atoms with van der Waals surface area (Å²) in [7, 11) is -3.95. The Morgan fingerprint density at radius 3 is 2.26 bits per heavy atom. The Balaban J connectivity index is 1.74. The highest BCUT2D eigenvalue weighted by Crippen LogP contribution is 2.33. The molecule has 0 atom stereocenters. The number of nitrogens with zero attached hydrogens (tertiary/aromatic N) is 1. The van der Waals surface area contributed by atoms with Gasteiger partial charge in [0.25, 0.3) is 0 Å². The Labute approximate surface area is 184 Å². The summed E-state index contributed by atoms with van der Waals surface area (Å²) in [6.45, 7) is 2.10. The minimum Gasteiger partial charge on any atom is -0.419 e. The zero-order chi connectivity index (χ0) is 22.0. The third-order valence-corrected chi connectivity index (χ3v) is 6.57. The van der Waals surface area contributed by atoms with Gasteiger partial charge in [0.1, 0.15) is 5.82 Å². The van der Waals surface area contributed by atoms with E-state index in [1.54, 1.807) is 48.5 Å². The Morgan fingerprint density at radius 2 is 1.61 bits per heavy atom. The summed E-state index contributed by atoms with van der Waals surface area (Å²) in [5.74, 6) is -0.199. The van der Waals surface area contributed by atoms with Crippen LogP contribution in [0.25, 0.3) is 11.5 Å². The molecule has 8 heteroatoms. The van der Waals surface area contributed by atoms with Gasteiger partial charge in [-0.25, -0.2) is 12.8 Å². The van der Waals surface area contributed by atoms with Crippen LogP contribution < -0.4 is 5.32 Å². The molecular weight excluding hydrogens is 439 g/mol. The van der Waals surface area contributed by atoms with Gasteiger partial charge in [0.2, 0.25) is 26.6 Å². The van der Waals surface area contributed by atoms with Crippen molar-refractivity contribution >= 4 is 27.3 Å². The molecule has 0 aliphatic rings. The minimum absolute atomic E-state index is 0.00912. The number of hydrogen-bond donors (Lipinski definition) is 1. The SMILES string of the molecule is Cc1ccc(S(=O)(=O)c2nc(-c3ccc(Cl)cc3)oc2NCc2ccc(F)cc2)cc1. The Kier molecular flexibility index (Phi) is 5.80. The van der Waals surface area contributed by atoms with E-state index in [-0.39, 0.29) is 34.1 Å². The number of sulfone groups is 1. The van der Waals surface area contributed by atoms with Crippen molar-refractivity contribution in [2.24, 2.45) is 0 Å². The third-order valence-electron chi connectivity index (χ3n) is 4.64. The fourth-order valence-electron chi connectivity index (χ4n) is 2.93. The standard InChI is InChI=1S/C23H18ClFN2O3S/c1-15-2-12-20(13-3-15)31(28,29)23-22(26-14-16-4-10-19(25)11-5-16)30-21(27-23)17-6-8-18(24)9-7-17/h2-13,26H,14H2,1H3. The van der Waals surface area contributed by atoms with Crippen molar-refractivity contribution in [2.75, 3.05) is 5.32 Å². The Bertz CT molecular complexity index is 1300. The molecular formula is C23H18ClFN2O3S. The van der Waals surface area contributed by atoms with Gasteiger partial charge >= 0.3 is 0 Å². The molecule has 0 saturated carbocycles. The maximum atomic E-state index is 13.3. The van der Waals surface area contributed by atoms with Crippen molar-refractivity contribution in [2.45, 2.75) is 23.4 Å². The van der Waals surface area contributed by atoms with E-state index < -0.39 is 9.84 Å². The minimum atomic E-state index is -3.95. The molecule has 4 rings (SSSR count). The predicted octanol–water partition coefficient (Wildman–Crippen LogP) is 5.89. The van der Waals surface area contributed by atoms with Crippen LogP contribution in [0.15, 0.2) is 87.1 Å². The normalized spacial score (nSPS) is 11.5. The van der Waals surface area contributed by atoms with Gasteiger partial charge in [-0.2, -0.15) is 4.98 Å². The number of oxazole rings is 1. The van der Waals surface area contributed by atoms with Crippen LogP contribution in [0.5, 0.6) is 0 Å². The molecule has 0 amide bonds. The summed E-state index contributed by atoms with van der Waals surface area (Å²) in [5, 5.41) is 3.30. The average Bonchev–Trinajstić information content (AvgIpc) is 3.19. The van der Waals surface area contributed by atoms with Crippen LogP contribution in [0.3, 0.4) is 0 Å². The zero-order valence-corrected chi connectivity index (χ0v) is 18.0. The van der Waals surface area contributed by atoms with Crippen molar-refractivity contribution in [1.82, 2.24) is 4.98 Å². The molecule has 3 aromatic carbocycles. The first-order valence-electron chi connectivity index (χ1n) is 9.40. The molecule has 1 N–H and O–H groups in total. The van der Waals surface area contributed by atoms with Crippen molar-refractivity contribution in [1.29, 1.82) is 0 Å². The number of rotatable bonds is 6. The van der Waals surface area contributed by atoms with Crippen LogP contribution in [0, 0.1) is 12.7 Å². The lowest BCUT2D eigenvalue weighted by Gasteiger charge is -2.07. The van der Waals surface area contributed by atoms with E-state index in [0.717, 1.165) is 11.1 Å². The Hall–Kier alpha value is -3.16. The first kappa shape index (κ1) is 21.1. The van der Waals surface area contributed by atoms with Crippen LogP contribution in [-0.4, -0.2) is 13.4 Å². The van der Waals surface area contributed by atoms with Crippen molar-refractivity contribution in [3.05, 3.63) is 94.8 Å². The second kappa shape index (κ2) is 8.53. The molecule has 0 aliphatic heterocycles. The van der Waals surface area contributed by atoms with Crippen LogP contribution in [0.2, 0.25) is 5.02 Å². The lowest BCUT2D eigenvalue weighted by Crippen LogP contribution is -2.07. The maximum Gasteiger partial charge on any atom is 0.234 e. The smallest absolute Gasteiger partial charge is 0.234 e. The predicted molar refractivity (Wildman–Crippen MR) is 117 cm³/mol. The zero-order valence-electron chi connectivity index (χ0n) is 16.5. The summed E-state index contributed by atoms with van der Waals surface area (Å²) >= 11 is 5.94. The molecule has 4 aromatic rings. The molecule has 31 heavy (non-hydrogen) atoms. The van der Waals surface area contributed by atoms with E-state index in [0.29, 0.717) is 10.6 Å². The number of anilines is 1. The number of benzene rings is 3. The van der Waals surface area contributed by atoms with Gasteiger partial charge in [-0.3, -0.25) is 0 Å². The van der Waals surface area contributed by atoms with Gasteiger partial charge in [-0.1, -0.05) is 41.4 Å². The first-order chi connectivity index (χ1) is 14.8. The second-order valence-corrected chi connectivity index (χ2v) is 9.26. The van der Waals surface area contributed by atoms with Gasteiger partial charge in [0.15, 0.2) is 0 Å². The van der Waals surface area contributed by atoms with Crippen molar-refractivity contribution in [3.63, 3.8) is 0 Å². The first-order valence-corrected chi connectivity index (χ1v) is 11.3. The number of halogens is 2. The number of aryl methyl sites for hydroxylation is 1. The van der Waals surface area contributed by atoms with E-state index in [1.165, 1.54) is 24.3 Å². The summed E-state index contributed by atoms with van der Waals surface area (Å²) < 4.78 is 45.5. The topological polar surface area (TPSA) is 72.2 Å². The number of nitrogens with one attached hydrogen (secondary N) is 1. The van der Waals surface area contributed by atoms with E-state index in [4.69, 9.17) is 16.0 Å². The summed E-state index contributed by atoms with van der Waals surface area (Å²) in [6.07, 6.45) is 0. The highest BCUT2D eigenvalue weighted by molar-refractivity contribution is 7.91. The molecule has 1 aromatic heterocycles. The number of hydrogen-bond acceptors (Lipinski definition) is 5. The molecule has 0 saturated heterocycles. The van der Waals surface area contributed by atoms with Crippen LogP contribution in [0.1, 0.15) is 11.1 Å². The van der Waals surface area contributed by atoms with Crippen LogP contribution in [0.4, 0.5) is 10.3 Å². The average molecular weight is 457 g/mol. The van der Waals surface area contributed by atoms with E-state index in [9.17, 15) is 12.8 Å². The highest BCUT2D eigenvalue weighted by Gasteiger charge is 2.28. The molecule has 0 unspecified atom stereocenters. The van der Waals surface area contributed by atoms with Gasteiger partial charge in [-0.05, 0) is 61.0 Å². The van der Waals surface area contributed by atoms with Crippen LogP contribution in [-0.2, 0) is 16.4 Å². The number of aromatic nitrogens is 1. The molecule has 0 fully saturated rings. The van der Waals surface area contributed by atoms with Crippen molar-refractivity contribution in [3.8, 4) is 11.5 Å². The van der Waals surface area contributed by atoms with E-state index >= 15 is 0 Å². The maximum absolute atomic E-state index is 13.3. The second-order valence-electron chi connectivity index (χ2n) is 6.96. The largest absolute Gasteiger partial charge is 0.419 e. The molecule has 158 valence electrons. The fraction of sp³-hybridized carbons (Fsp3) is 0.0870. The molecule has 0 aliphatic carbocycles. The summed E-state index contributed by atoms with van der Waals surface area (Å²) in [5.41, 5.74) is 2.28. The molecule has 0 spiro atoms. The molecule has 0 bridgehead atoms. The van der Waals surface area contributed by atoms with Crippen LogP contribution >= 0.6 is 11.6 Å². The molecule has 5 nitrogen and oxygen atoms in total. The van der Waals surface area contributed by atoms with Gasteiger partial charge in [0.05, 0.1) is 4.90 Å². The lowest BCUT2D eigenvalue weighted by atomic mass is 10.2. The Morgan fingerprint density at radius 1 is 0.968 bits per heavy atom. The van der Waals surface area contributed by atoms with E-state index in [2.05, 4.69) is 10.3 Å². The summed E-state index contributed by atoms with van der Waals surface area (Å²) in [6, 6.07) is 19.1. The van der Waals surface area contributed by atoms with E-state index in [1.807, 2.05) is 6.92 Å².